The average molecular weight is 142 g/mol. The third kappa shape index (κ3) is 1.62. The first kappa shape index (κ1) is 6.94. The van der Waals surface area contributed by atoms with Gasteiger partial charge in [-0.1, -0.05) is 19.1 Å². The Kier molecular flexibility index (Phi) is 2.01. The van der Waals surface area contributed by atoms with Crippen molar-refractivity contribution in [2.45, 2.75) is 13.3 Å². The normalized spacial score (nSPS) is 24.7. The quantitative estimate of drug-likeness (QED) is 0.556. The van der Waals surface area contributed by atoms with Crippen molar-refractivity contribution in [3.8, 4) is 0 Å². The molecule has 1 aliphatic rings. The standard InChI is InChI=1S/C8H14S/c1-3-6-9(2)7-4-5-8-9/h4-5,7-8H,3,6H2,1-2H3. The van der Waals surface area contributed by atoms with E-state index >= 15 is 0 Å². The van der Waals surface area contributed by atoms with Crippen molar-refractivity contribution in [1.29, 1.82) is 0 Å². The Labute approximate surface area is 59.0 Å². The molecule has 0 aliphatic carbocycles. The molecular weight excluding hydrogens is 128 g/mol. The van der Waals surface area contributed by atoms with Crippen molar-refractivity contribution in [3.05, 3.63) is 23.0 Å². The zero-order chi connectivity index (χ0) is 6.74. The second kappa shape index (κ2) is 2.61. The average Bonchev–Trinajstić information content (AvgIpc) is 2.16. The van der Waals surface area contributed by atoms with Crippen LogP contribution in [0.4, 0.5) is 0 Å². The highest BCUT2D eigenvalue weighted by Gasteiger charge is 2.10. The predicted octanol–water partition coefficient (Wildman–Crippen LogP) is 2.87. The molecule has 0 radical (unpaired) electrons. The van der Waals surface area contributed by atoms with Crippen molar-refractivity contribution >= 4 is 10.0 Å². The van der Waals surface area contributed by atoms with Crippen LogP contribution in [-0.4, -0.2) is 12.0 Å². The van der Waals surface area contributed by atoms with Gasteiger partial charge in [0.15, 0.2) is 0 Å². The van der Waals surface area contributed by atoms with Gasteiger partial charge in [0.2, 0.25) is 0 Å². The van der Waals surface area contributed by atoms with Gasteiger partial charge in [-0.2, -0.15) is 0 Å². The highest BCUT2D eigenvalue weighted by Crippen LogP contribution is 2.50. The Morgan fingerprint density at radius 3 is 2.22 bits per heavy atom. The summed E-state index contributed by atoms with van der Waals surface area (Å²) in [4.78, 5) is 0. The van der Waals surface area contributed by atoms with Crippen LogP contribution >= 0.6 is 10.0 Å². The molecule has 1 aliphatic heterocycles. The van der Waals surface area contributed by atoms with Gasteiger partial charge in [-0.15, -0.1) is 0 Å². The van der Waals surface area contributed by atoms with Gasteiger partial charge < -0.3 is 0 Å². The molecule has 0 spiro atoms. The summed E-state index contributed by atoms with van der Waals surface area (Å²) in [6.45, 7) is 2.25. The highest BCUT2D eigenvalue weighted by atomic mass is 32.3. The van der Waals surface area contributed by atoms with Crippen LogP contribution in [0.15, 0.2) is 23.0 Å². The summed E-state index contributed by atoms with van der Waals surface area (Å²) in [5, 5.41) is 4.72. The summed E-state index contributed by atoms with van der Waals surface area (Å²) < 4.78 is 0. The molecule has 1 heteroatoms. The molecule has 0 saturated carbocycles. The van der Waals surface area contributed by atoms with Crippen molar-refractivity contribution in [1.82, 2.24) is 0 Å². The minimum absolute atomic E-state index is 0.415. The largest absolute Gasteiger partial charge is 0.204 e. The fraction of sp³-hybridized carbons (Fsp3) is 0.500. The Morgan fingerprint density at radius 2 is 1.78 bits per heavy atom. The summed E-state index contributed by atoms with van der Waals surface area (Å²) in [7, 11) is -0.415. The van der Waals surface area contributed by atoms with Gasteiger partial charge in [0.1, 0.15) is 0 Å². The van der Waals surface area contributed by atoms with Crippen molar-refractivity contribution in [2.24, 2.45) is 0 Å². The van der Waals surface area contributed by atoms with Gasteiger partial charge >= 0.3 is 0 Å². The Bertz CT molecular complexity index is 133. The molecule has 0 bridgehead atoms. The number of hydrogen-bond acceptors (Lipinski definition) is 0. The van der Waals surface area contributed by atoms with Crippen LogP contribution in [0.25, 0.3) is 0 Å². The van der Waals surface area contributed by atoms with E-state index in [-0.39, 0.29) is 0 Å². The molecule has 0 nitrogen and oxygen atoms in total. The Morgan fingerprint density at radius 1 is 1.22 bits per heavy atom. The molecule has 1 rings (SSSR count). The summed E-state index contributed by atoms with van der Waals surface area (Å²) >= 11 is 0. The van der Waals surface area contributed by atoms with Crippen LogP contribution in [0.2, 0.25) is 0 Å². The Hall–Kier alpha value is -0.170. The van der Waals surface area contributed by atoms with Crippen molar-refractivity contribution < 1.29 is 0 Å². The third-order valence-electron chi connectivity index (χ3n) is 1.53. The van der Waals surface area contributed by atoms with E-state index in [2.05, 4.69) is 36.1 Å². The van der Waals surface area contributed by atoms with Gasteiger partial charge in [0.25, 0.3) is 0 Å². The minimum atomic E-state index is -0.415. The number of rotatable bonds is 2. The summed E-state index contributed by atoms with van der Waals surface area (Å²) in [5.41, 5.74) is 0. The summed E-state index contributed by atoms with van der Waals surface area (Å²) in [6.07, 6.45) is 8.01. The first-order valence-electron chi connectivity index (χ1n) is 3.38. The van der Waals surface area contributed by atoms with Crippen LogP contribution in [0.1, 0.15) is 13.3 Å². The van der Waals surface area contributed by atoms with Crippen LogP contribution in [0.5, 0.6) is 0 Å². The van der Waals surface area contributed by atoms with E-state index in [9.17, 15) is 0 Å². The molecule has 0 aromatic heterocycles. The van der Waals surface area contributed by atoms with Crippen LogP contribution < -0.4 is 0 Å². The molecule has 0 amide bonds. The van der Waals surface area contributed by atoms with E-state index in [0.717, 1.165) is 0 Å². The fourth-order valence-electron chi connectivity index (χ4n) is 1.07. The van der Waals surface area contributed by atoms with Crippen molar-refractivity contribution in [2.75, 3.05) is 12.0 Å². The van der Waals surface area contributed by atoms with Crippen molar-refractivity contribution in [3.63, 3.8) is 0 Å². The lowest BCUT2D eigenvalue weighted by molar-refractivity contribution is 1.10. The number of allylic oxidation sites excluding steroid dienone is 2. The second-order valence-corrected chi connectivity index (χ2v) is 6.00. The molecule has 0 atom stereocenters. The smallest absolute Gasteiger partial charge is 0.0164 e. The molecule has 9 heavy (non-hydrogen) atoms. The fourth-order valence-corrected chi connectivity index (χ4v) is 3.21. The third-order valence-corrected chi connectivity index (χ3v) is 4.38. The maximum atomic E-state index is 2.36. The molecular formula is C8H14S. The van der Waals surface area contributed by atoms with Gasteiger partial charge in [-0.3, -0.25) is 0 Å². The second-order valence-electron chi connectivity index (χ2n) is 2.59. The van der Waals surface area contributed by atoms with E-state index in [4.69, 9.17) is 0 Å². The molecule has 52 valence electrons. The topological polar surface area (TPSA) is 0 Å². The lowest BCUT2D eigenvalue weighted by Crippen LogP contribution is -1.91. The van der Waals surface area contributed by atoms with Gasteiger partial charge in [-0.05, 0) is 29.2 Å². The first-order valence-corrected chi connectivity index (χ1v) is 5.71. The maximum Gasteiger partial charge on any atom is -0.0164 e. The van der Waals surface area contributed by atoms with E-state index in [0.29, 0.717) is 0 Å². The maximum absolute atomic E-state index is 2.36. The zero-order valence-corrected chi connectivity index (χ0v) is 6.95. The monoisotopic (exact) mass is 142 g/mol. The van der Waals surface area contributed by atoms with Gasteiger partial charge in [0, 0.05) is 0 Å². The highest BCUT2D eigenvalue weighted by molar-refractivity contribution is 8.38. The molecule has 0 fully saturated rings. The van der Waals surface area contributed by atoms with Crippen LogP contribution in [0, 0.1) is 0 Å². The molecule has 0 saturated heterocycles. The molecule has 0 N–H and O–H groups in total. The lowest BCUT2D eigenvalue weighted by atomic mass is 10.6. The molecule has 0 aromatic rings. The first-order chi connectivity index (χ1) is 4.27. The van der Waals surface area contributed by atoms with Gasteiger partial charge in [-0.25, -0.2) is 10.0 Å². The SMILES string of the molecule is CCCS1(C)C=CC=C1. The van der Waals surface area contributed by atoms with E-state index in [1.54, 1.807) is 0 Å². The number of hydrogen-bond donors (Lipinski definition) is 0. The molecule has 0 aromatic carbocycles. The van der Waals surface area contributed by atoms with Crippen LogP contribution in [-0.2, 0) is 0 Å². The zero-order valence-electron chi connectivity index (χ0n) is 6.13. The molecule has 1 heterocycles. The van der Waals surface area contributed by atoms with E-state index in [1.165, 1.54) is 12.2 Å². The summed E-state index contributed by atoms with van der Waals surface area (Å²) in [5.74, 6) is 1.36. The van der Waals surface area contributed by atoms with E-state index in [1.807, 2.05) is 0 Å². The molecule has 0 unspecified atom stereocenters. The van der Waals surface area contributed by atoms with E-state index < -0.39 is 10.0 Å². The Balaban J connectivity index is 2.53. The lowest BCUT2D eigenvalue weighted by Gasteiger charge is -2.24. The summed E-state index contributed by atoms with van der Waals surface area (Å²) in [6, 6.07) is 0. The minimum Gasteiger partial charge on any atom is -0.204 e. The van der Waals surface area contributed by atoms with Gasteiger partial charge in [0.05, 0.1) is 0 Å². The predicted molar refractivity (Wildman–Crippen MR) is 47.0 cm³/mol. The van der Waals surface area contributed by atoms with Crippen LogP contribution in [0.3, 0.4) is 0 Å².